The molecule has 2 rings (SSSR count). The van der Waals surface area contributed by atoms with Gasteiger partial charge in [-0.2, -0.15) is 0 Å². The molecule has 0 fully saturated rings. The molecule has 0 saturated heterocycles. The van der Waals surface area contributed by atoms with Gasteiger partial charge < -0.3 is 9.73 Å². The molecule has 2 heterocycles. The summed E-state index contributed by atoms with van der Waals surface area (Å²) in [7, 11) is 0. The van der Waals surface area contributed by atoms with Crippen LogP contribution in [0.15, 0.2) is 52.2 Å². The van der Waals surface area contributed by atoms with E-state index in [0.29, 0.717) is 5.49 Å². The van der Waals surface area contributed by atoms with E-state index in [1.54, 1.807) is 30.5 Å². The van der Waals surface area contributed by atoms with Crippen LogP contribution < -0.4 is 10.8 Å². The molecular formula is C16H19N3O3. The maximum atomic E-state index is 12.2. The smallest absolute Gasteiger partial charge is 0.286 e. The minimum atomic E-state index is -0.331. The van der Waals surface area contributed by atoms with Gasteiger partial charge in [-0.15, -0.1) is 0 Å². The van der Waals surface area contributed by atoms with Gasteiger partial charge in [0.2, 0.25) is 5.91 Å². The summed E-state index contributed by atoms with van der Waals surface area (Å²) in [6, 6.07) is 8.71. The van der Waals surface area contributed by atoms with Crippen molar-refractivity contribution in [3.05, 3.63) is 54.0 Å². The van der Waals surface area contributed by atoms with Crippen molar-refractivity contribution >= 4 is 11.8 Å². The van der Waals surface area contributed by atoms with Crippen LogP contribution in [0.2, 0.25) is 0 Å². The van der Waals surface area contributed by atoms with Crippen LogP contribution in [-0.4, -0.2) is 29.0 Å². The van der Waals surface area contributed by atoms with Crippen molar-refractivity contribution in [3.8, 4) is 0 Å². The quantitative estimate of drug-likeness (QED) is 0.915. The summed E-state index contributed by atoms with van der Waals surface area (Å²) in [4.78, 5) is 28.3. The molecule has 0 atom stereocenters. The number of carbonyl (C=O) groups excluding carboxylic acids is 2. The molecule has 2 aromatic rings. The fourth-order valence-corrected chi connectivity index (χ4v) is 1.91. The predicted octanol–water partition coefficient (Wildman–Crippen LogP) is 1.85. The first kappa shape index (κ1) is 15.8. The van der Waals surface area contributed by atoms with E-state index >= 15 is 0 Å². The highest BCUT2D eigenvalue weighted by molar-refractivity contribution is 5.91. The summed E-state index contributed by atoms with van der Waals surface area (Å²) in [5.74, 6) is -0.224. The number of rotatable bonds is 5. The molecule has 0 aromatic carbocycles. The minimum Gasteiger partial charge on any atom is -0.459 e. The molecule has 1 N–H and O–H groups in total. The Labute approximate surface area is 128 Å². The highest BCUT2D eigenvalue weighted by Crippen LogP contribution is 1.99. The van der Waals surface area contributed by atoms with Crippen LogP contribution in [-0.2, 0) is 0 Å². The zero-order chi connectivity index (χ0) is 15.9. The van der Waals surface area contributed by atoms with Gasteiger partial charge in [-0.05, 0) is 38.1 Å². The zero-order valence-corrected chi connectivity index (χ0v) is 12.7. The van der Waals surface area contributed by atoms with Crippen molar-refractivity contribution in [1.29, 1.82) is 0 Å². The fourth-order valence-electron chi connectivity index (χ4n) is 1.91. The molecule has 1 amide bonds. The van der Waals surface area contributed by atoms with E-state index in [1.165, 1.54) is 10.8 Å². The van der Waals surface area contributed by atoms with Crippen LogP contribution in [0.3, 0.4) is 0 Å². The Balaban J connectivity index is 1.97. The van der Waals surface area contributed by atoms with Crippen molar-refractivity contribution < 1.29 is 14.0 Å². The molecule has 0 radical (unpaired) electrons. The first-order valence-electron chi connectivity index (χ1n) is 7.14. The van der Waals surface area contributed by atoms with E-state index in [-0.39, 0.29) is 36.6 Å². The van der Waals surface area contributed by atoms with E-state index in [0.717, 1.165) is 0 Å². The van der Waals surface area contributed by atoms with Crippen LogP contribution in [0.1, 0.15) is 35.6 Å². The van der Waals surface area contributed by atoms with E-state index in [2.05, 4.69) is 10.3 Å². The van der Waals surface area contributed by atoms with Crippen LogP contribution in [0, 0.1) is 0 Å². The van der Waals surface area contributed by atoms with Gasteiger partial charge in [-0.3, -0.25) is 19.1 Å². The zero-order valence-electron chi connectivity index (χ0n) is 12.7. The predicted molar refractivity (Wildman–Crippen MR) is 81.4 cm³/mol. The molecule has 116 valence electrons. The van der Waals surface area contributed by atoms with Crippen molar-refractivity contribution in [2.45, 2.75) is 26.3 Å². The Hall–Kier alpha value is -2.63. The van der Waals surface area contributed by atoms with Gasteiger partial charge in [0.05, 0.1) is 6.26 Å². The molecule has 0 bridgehead atoms. The number of hydrogen-bond donors (Lipinski definition) is 1. The lowest BCUT2D eigenvalue weighted by Crippen LogP contribution is -2.31. The first-order valence-corrected chi connectivity index (χ1v) is 7.14. The van der Waals surface area contributed by atoms with Crippen LogP contribution >= 0.6 is 0 Å². The molecule has 22 heavy (non-hydrogen) atoms. The largest absolute Gasteiger partial charge is 0.459 e. The molecule has 0 aliphatic heterocycles. The van der Waals surface area contributed by atoms with Crippen molar-refractivity contribution in [3.63, 3.8) is 0 Å². The Morgan fingerprint density at radius 3 is 2.77 bits per heavy atom. The third kappa shape index (κ3) is 4.18. The van der Waals surface area contributed by atoms with E-state index in [9.17, 15) is 9.59 Å². The number of nitrogens with one attached hydrogen (secondary N) is 1. The van der Waals surface area contributed by atoms with Crippen molar-refractivity contribution in [2.24, 2.45) is 4.99 Å². The van der Waals surface area contributed by atoms with Gasteiger partial charge >= 0.3 is 0 Å². The van der Waals surface area contributed by atoms with E-state index in [1.807, 2.05) is 19.9 Å². The topological polar surface area (TPSA) is 76.6 Å². The first-order chi connectivity index (χ1) is 10.6. The molecule has 0 spiro atoms. The van der Waals surface area contributed by atoms with E-state index in [4.69, 9.17) is 4.42 Å². The van der Waals surface area contributed by atoms with Gasteiger partial charge in [-0.1, -0.05) is 6.07 Å². The molecule has 0 aliphatic carbocycles. The Kier molecular flexibility index (Phi) is 5.30. The molecule has 0 unspecified atom stereocenters. The van der Waals surface area contributed by atoms with Crippen LogP contribution in [0.25, 0.3) is 0 Å². The number of nitrogens with zero attached hydrogens (tertiary/aromatic N) is 2. The van der Waals surface area contributed by atoms with Crippen LogP contribution in [0.5, 0.6) is 0 Å². The van der Waals surface area contributed by atoms with Gasteiger partial charge in [-0.25, -0.2) is 0 Å². The van der Waals surface area contributed by atoms with Crippen molar-refractivity contribution in [2.75, 3.05) is 6.54 Å². The highest BCUT2D eigenvalue weighted by Gasteiger charge is 2.10. The molecule has 6 nitrogen and oxygen atoms in total. The van der Waals surface area contributed by atoms with Crippen LogP contribution in [0.4, 0.5) is 0 Å². The molecular weight excluding hydrogens is 282 g/mol. The lowest BCUT2D eigenvalue weighted by molar-refractivity contribution is 0.0882. The number of furan rings is 1. The number of carbonyl (C=O) groups is 2. The Bertz CT molecular complexity index is 699. The highest BCUT2D eigenvalue weighted by atomic mass is 16.3. The minimum absolute atomic E-state index is 0.0973. The van der Waals surface area contributed by atoms with Crippen molar-refractivity contribution in [1.82, 2.24) is 9.88 Å². The maximum absolute atomic E-state index is 12.2. The lowest BCUT2D eigenvalue weighted by Gasteiger charge is -2.07. The SMILES string of the molecule is CC(C)N=c1ccccn1C(=O)CCNC(=O)c1ccco1. The van der Waals surface area contributed by atoms with Gasteiger partial charge in [0.15, 0.2) is 5.76 Å². The third-order valence-corrected chi connectivity index (χ3v) is 2.87. The standard InChI is InChI=1S/C16H19N3O3/c1-12(2)18-14-7-3-4-10-19(14)15(20)8-9-17-16(21)13-6-5-11-22-13/h3-7,10-12H,8-9H2,1-2H3,(H,17,21). The lowest BCUT2D eigenvalue weighted by atomic mass is 10.3. The Morgan fingerprint density at radius 1 is 1.27 bits per heavy atom. The number of aromatic nitrogens is 1. The second-order valence-corrected chi connectivity index (χ2v) is 5.03. The summed E-state index contributed by atoms with van der Waals surface area (Å²) in [6.07, 6.45) is 3.29. The summed E-state index contributed by atoms with van der Waals surface area (Å²) >= 11 is 0. The average molecular weight is 301 g/mol. The van der Waals surface area contributed by atoms with Gasteiger partial charge in [0.25, 0.3) is 5.91 Å². The number of hydrogen-bond acceptors (Lipinski definition) is 4. The van der Waals surface area contributed by atoms with E-state index < -0.39 is 0 Å². The monoisotopic (exact) mass is 301 g/mol. The summed E-state index contributed by atoms with van der Waals surface area (Å²) in [6.45, 7) is 4.14. The normalized spacial score (nSPS) is 11.7. The fraction of sp³-hybridized carbons (Fsp3) is 0.312. The number of pyridine rings is 1. The summed E-state index contributed by atoms with van der Waals surface area (Å²) in [5.41, 5.74) is 0.611. The summed E-state index contributed by atoms with van der Waals surface area (Å²) in [5, 5.41) is 2.65. The molecule has 2 aromatic heterocycles. The molecule has 0 aliphatic rings. The van der Waals surface area contributed by atoms with Gasteiger partial charge in [0, 0.05) is 25.2 Å². The Morgan fingerprint density at radius 2 is 2.09 bits per heavy atom. The second-order valence-electron chi connectivity index (χ2n) is 5.03. The molecule has 0 saturated carbocycles. The molecule has 6 heteroatoms. The third-order valence-electron chi connectivity index (χ3n) is 2.87. The average Bonchev–Trinajstić information content (AvgIpc) is 3.01. The maximum Gasteiger partial charge on any atom is 0.286 e. The second kappa shape index (κ2) is 7.40. The van der Waals surface area contributed by atoms with Gasteiger partial charge in [0.1, 0.15) is 5.49 Å². The number of amides is 1. The summed E-state index contributed by atoms with van der Waals surface area (Å²) < 4.78 is 6.48.